The molecule has 28 heavy (non-hydrogen) atoms. The summed E-state index contributed by atoms with van der Waals surface area (Å²) in [5.41, 5.74) is 1.92. The van der Waals surface area contributed by atoms with Crippen LogP contribution in [-0.4, -0.2) is 38.6 Å². The predicted octanol–water partition coefficient (Wildman–Crippen LogP) is 2.81. The second-order valence-electron chi connectivity index (χ2n) is 6.72. The highest BCUT2D eigenvalue weighted by Crippen LogP contribution is 2.27. The Labute approximate surface area is 165 Å². The molecule has 0 saturated carbocycles. The molecule has 6 nitrogen and oxygen atoms in total. The number of benzene rings is 2. The van der Waals surface area contributed by atoms with Crippen LogP contribution in [0.15, 0.2) is 48.5 Å². The Bertz CT molecular complexity index is 802. The van der Waals surface area contributed by atoms with Crippen LogP contribution in [0.25, 0.3) is 0 Å². The van der Waals surface area contributed by atoms with Crippen molar-refractivity contribution in [3.8, 4) is 11.5 Å². The number of ether oxygens (including phenoxy) is 2. The molecule has 0 aliphatic carbocycles. The average Bonchev–Trinajstić information content (AvgIpc) is 3.11. The molecule has 1 aliphatic heterocycles. The first-order chi connectivity index (χ1) is 13.6. The van der Waals surface area contributed by atoms with Gasteiger partial charge in [0.2, 0.25) is 11.8 Å². The Kier molecular flexibility index (Phi) is 6.53. The van der Waals surface area contributed by atoms with Crippen LogP contribution >= 0.6 is 0 Å². The van der Waals surface area contributed by atoms with Gasteiger partial charge in [-0.3, -0.25) is 9.59 Å². The first-order valence-corrected chi connectivity index (χ1v) is 9.54. The van der Waals surface area contributed by atoms with E-state index in [0.717, 1.165) is 29.2 Å². The number of hydrogen-bond donors (Lipinski definition) is 1. The van der Waals surface area contributed by atoms with Crippen LogP contribution in [0.3, 0.4) is 0 Å². The second-order valence-corrected chi connectivity index (χ2v) is 6.72. The van der Waals surface area contributed by atoms with Gasteiger partial charge in [0.05, 0.1) is 19.6 Å². The van der Waals surface area contributed by atoms with Crippen LogP contribution in [0.5, 0.6) is 11.5 Å². The van der Waals surface area contributed by atoms with E-state index in [-0.39, 0.29) is 24.2 Å². The Balaban J connectivity index is 1.50. The standard InChI is InChI=1S/C22H26N2O4/c1-3-28-20-10-6-18(7-11-20)24-15-17(14-21(24)25)22(26)23-13-12-16-4-8-19(27-2)9-5-16/h4-11,17H,3,12-15H2,1-2H3,(H,23,26). The Morgan fingerprint density at radius 2 is 1.79 bits per heavy atom. The summed E-state index contributed by atoms with van der Waals surface area (Å²) in [5.74, 6) is 1.15. The van der Waals surface area contributed by atoms with E-state index >= 15 is 0 Å². The van der Waals surface area contributed by atoms with Crippen LogP contribution in [0, 0.1) is 5.92 Å². The van der Waals surface area contributed by atoms with Crippen molar-refractivity contribution in [3.05, 3.63) is 54.1 Å². The van der Waals surface area contributed by atoms with Gasteiger partial charge in [-0.1, -0.05) is 12.1 Å². The van der Waals surface area contributed by atoms with Gasteiger partial charge in [0.1, 0.15) is 11.5 Å². The number of rotatable bonds is 8. The molecule has 1 fully saturated rings. The Morgan fingerprint density at radius 3 is 2.43 bits per heavy atom. The third kappa shape index (κ3) is 4.82. The second kappa shape index (κ2) is 9.26. The van der Waals surface area contributed by atoms with Gasteiger partial charge in [0, 0.05) is 25.2 Å². The van der Waals surface area contributed by atoms with Crippen molar-refractivity contribution in [2.75, 3.05) is 31.7 Å². The van der Waals surface area contributed by atoms with Crippen LogP contribution in [0.2, 0.25) is 0 Å². The topological polar surface area (TPSA) is 67.9 Å². The van der Waals surface area contributed by atoms with Gasteiger partial charge in [-0.2, -0.15) is 0 Å². The molecule has 1 N–H and O–H groups in total. The monoisotopic (exact) mass is 382 g/mol. The predicted molar refractivity (Wildman–Crippen MR) is 108 cm³/mol. The van der Waals surface area contributed by atoms with E-state index in [0.29, 0.717) is 19.7 Å². The smallest absolute Gasteiger partial charge is 0.227 e. The summed E-state index contributed by atoms with van der Waals surface area (Å²) < 4.78 is 10.6. The van der Waals surface area contributed by atoms with Crippen LogP contribution in [0.1, 0.15) is 18.9 Å². The van der Waals surface area contributed by atoms with Gasteiger partial charge in [-0.15, -0.1) is 0 Å². The average molecular weight is 382 g/mol. The molecule has 6 heteroatoms. The maximum Gasteiger partial charge on any atom is 0.227 e. The van der Waals surface area contributed by atoms with E-state index < -0.39 is 0 Å². The van der Waals surface area contributed by atoms with Gasteiger partial charge in [-0.05, 0) is 55.3 Å². The summed E-state index contributed by atoms with van der Waals surface area (Å²) in [7, 11) is 1.63. The van der Waals surface area contributed by atoms with Crippen molar-refractivity contribution < 1.29 is 19.1 Å². The fraction of sp³-hybridized carbons (Fsp3) is 0.364. The molecule has 0 spiro atoms. The van der Waals surface area contributed by atoms with Gasteiger partial charge < -0.3 is 19.7 Å². The third-order valence-electron chi connectivity index (χ3n) is 4.83. The van der Waals surface area contributed by atoms with Crippen LogP contribution in [0.4, 0.5) is 5.69 Å². The molecule has 0 aromatic heterocycles. The van der Waals surface area contributed by atoms with Crippen molar-refractivity contribution in [1.82, 2.24) is 5.32 Å². The van der Waals surface area contributed by atoms with Crippen LogP contribution in [-0.2, 0) is 16.0 Å². The molecule has 148 valence electrons. The highest BCUT2D eigenvalue weighted by Gasteiger charge is 2.34. The molecule has 0 bridgehead atoms. The summed E-state index contributed by atoms with van der Waals surface area (Å²) in [6.45, 7) is 3.47. The Morgan fingerprint density at radius 1 is 1.11 bits per heavy atom. The third-order valence-corrected chi connectivity index (χ3v) is 4.83. The van der Waals surface area contributed by atoms with E-state index in [4.69, 9.17) is 9.47 Å². The highest BCUT2D eigenvalue weighted by atomic mass is 16.5. The largest absolute Gasteiger partial charge is 0.497 e. The molecule has 2 aromatic carbocycles. The van der Waals surface area contributed by atoms with Gasteiger partial charge in [-0.25, -0.2) is 0 Å². The normalized spacial score (nSPS) is 16.1. The molecule has 1 unspecified atom stereocenters. The molecule has 2 amide bonds. The van der Waals surface area contributed by atoms with Crippen LogP contribution < -0.4 is 19.7 Å². The minimum atomic E-state index is -0.324. The first kappa shape index (κ1) is 19.7. The molecule has 2 aromatic rings. The Hall–Kier alpha value is -3.02. The van der Waals surface area contributed by atoms with Crippen molar-refractivity contribution in [3.63, 3.8) is 0 Å². The minimum absolute atomic E-state index is 0.0283. The zero-order chi connectivity index (χ0) is 19.9. The zero-order valence-electron chi connectivity index (χ0n) is 16.3. The van der Waals surface area contributed by atoms with Crippen molar-refractivity contribution in [2.24, 2.45) is 5.92 Å². The zero-order valence-corrected chi connectivity index (χ0v) is 16.3. The maximum absolute atomic E-state index is 12.5. The van der Waals surface area contributed by atoms with Gasteiger partial charge in [0.15, 0.2) is 0 Å². The fourth-order valence-electron chi connectivity index (χ4n) is 3.29. The van der Waals surface area contributed by atoms with E-state index in [2.05, 4.69) is 5.32 Å². The minimum Gasteiger partial charge on any atom is -0.497 e. The summed E-state index contributed by atoms with van der Waals surface area (Å²) in [6.07, 6.45) is 0.973. The number of nitrogens with one attached hydrogen (secondary N) is 1. The number of amides is 2. The summed E-state index contributed by atoms with van der Waals surface area (Å²) in [4.78, 5) is 26.5. The van der Waals surface area contributed by atoms with Gasteiger partial charge in [0.25, 0.3) is 0 Å². The summed E-state index contributed by atoms with van der Waals surface area (Å²) in [6, 6.07) is 15.2. The van der Waals surface area contributed by atoms with E-state index in [9.17, 15) is 9.59 Å². The molecular formula is C22H26N2O4. The highest BCUT2D eigenvalue weighted by molar-refractivity contribution is 6.00. The fourth-order valence-corrected chi connectivity index (χ4v) is 3.29. The van der Waals surface area contributed by atoms with E-state index in [1.54, 1.807) is 12.0 Å². The summed E-state index contributed by atoms with van der Waals surface area (Å²) in [5, 5.41) is 2.95. The molecule has 0 radical (unpaired) electrons. The van der Waals surface area contributed by atoms with E-state index in [1.165, 1.54) is 0 Å². The quantitative estimate of drug-likeness (QED) is 0.762. The lowest BCUT2D eigenvalue weighted by Gasteiger charge is -2.17. The van der Waals surface area contributed by atoms with Crippen molar-refractivity contribution >= 4 is 17.5 Å². The number of nitrogens with zero attached hydrogens (tertiary/aromatic N) is 1. The molecular weight excluding hydrogens is 356 g/mol. The molecule has 1 saturated heterocycles. The lowest BCUT2D eigenvalue weighted by molar-refractivity contribution is -0.126. The molecule has 3 rings (SSSR count). The maximum atomic E-state index is 12.5. The lowest BCUT2D eigenvalue weighted by atomic mass is 10.1. The number of hydrogen-bond acceptors (Lipinski definition) is 4. The number of carbonyl (C=O) groups excluding carboxylic acids is 2. The molecule has 1 heterocycles. The molecule has 1 atom stereocenters. The number of methoxy groups -OCH3 is 1. The first-order valence-electron chi connectivity index (χ1n) is 9.54. The lowest BCUT2D eigenvalue weighted by Crippen LogP contribution is -2.34. The number of carbonyl (C=O) groups is 2. The SMILES string of the molecule is CCOc1ccc(N2CC(C(=O)NCCc3ccc(OC)cc3)CC2=O)cc1. The van der Waals surface area contributed by atoms with Crippen molar-refractivity contribution in [1.29, 1.82) is 0 Å². The van der Waals surface area contributed by atoms with E-state index in [1.807, 2.05) is 55.5 Å². The van der Waals surface area contributed by atoms with Gasteiger partial charge >= 0.3 is 0 Å². The number of anilines is 1. The summed E-state index contributed by atoms with van der Waals surface area (Å²) >= 11 is 0. The molecule has 1 aliphatic rings. The van der Waals surface area contributed by atoms with Crippen molar-refractivity contribution in [2.45, 2.75) is 19.8 Å².